The third-order valence-corrected chi connectivity index (χ3v) is 2.50. The number of para-hydroxylation sites is 2. The molecular weight excluding hydrogens is 208 g/mol. The molecule has 0 saturated heterocycles. The van der Waals surface area contributed by atoms with E-state index in [1.807, 2.05) is 6.07 Å². The van der Waals surface area contributed by atoms with Crippen LogP contribution in [0.1, 0.15) is 26.1 Å². The van der Waals surface area contributed by atoms with Gasteiger partial charge in [-0.3, -0.25) is 0 Å². The average Bonchev–Trinajstić information content (AvgIpc) is 2.58. The lowest BCUT2D eigenvalue weighted by molar-refractivity contribution is -0.00000307. The summed E-state index contributed by atoms with van der Waals surface area (Å²) < 4.78 is 2.33. The first-order valence-corrected chi connectivity index (χ1v) is 5.31. The lowest BCUT2D eigenvalue weighted by Gasteiger charge is -2.05. The van der Waals surface area contributed by atoms with Crippen molar-refractivity contribution in [1.29, 1.82) is 0 Å². The van der Waals surface area contributed by atoms with Crippen molar-refractivity contribution in [3.8, 4) is 0 Å². The SMILES string of the molecule is CCCn1c(CC)nc2ccccc21.[Cl-]. The Labute approximate surface area is 96.7 Å². The van der Waals surface area contributed by atoms with Crippen molar-refractivity contribution in [2.24, 2.45) is 0 Å². The molecule has 2 rings (SSSR count). The van der Waals surface area contributed by atoms with Gasteiger partial charge in [-0.2, -0.15) is 0 Å². The van der Waals surface area contributed by atoms with Crippen molar-refractivity contribution < 1.29 is 12.4 Å². The second kappa shape index (κ2) is 5.17. The van der Waals surface area contributed by atoms with Gasteiger partial charge >= 0.3 is 0 Å². The van der Waals surface area contributed by atoms with Crippen LogP contribution in [-0.2, 0) is 13.0 Å². The summed E-state index contributed by atoms with van der Waals surface area (Å²) in [4.78, 5) is 4.61. The van der Waals surface area contributed by atoms with Crippen molar-refractivity contribution >= 4 is 11.0 Å². The van der Waals surface area contributed by atoms with E-state index in [1.54, 1.807) is 0 Å². The van der Waals surface area contributed by atoms with Crippen LogP contribution in [0.15, 0.2) is 24.3 Å². The number of imidazole rings is 1. The molecule has 0 saturated carbocycles. The predicted octanol–water partition coefficient (Wildman–Crippen LogP) is 0.0127. The Balaban J connectivity index is 0.00000112. The van der Waals surface area contributed by atoms with Crippen molar-refractivity contribution in [2.75, 3.05) is 0 Å². The molecule has 0 unspecified atom stereocenters. The van der Waals surface area contributed by atoms with Gasteiger partial charge in [0.05, 0.1) is 11.0 Å². The number of hydrogen-bond acceptors (Lipinski definition) is 1. The Morgan fingerprint density at radius 1 is 1.20 bits per heavy atom. The van der Waals surface area contributed by atoms with E-state index in [4.69, 9.17) is 0 Å². The van der Waals surface area contributed by atoms with Crippen LogP contribution in [0.3, 0.4) is 0 Å². The quantitative estimate of drug-likeness (QED) is 0.717. The third kappa shape index (κ3) is 2.15. The maximum atomic E-state index is 4.61. The van der Waals surface area contributed by atoms with Gasteiger partial charge in [0, 0.05) is 13.0 Å². The lowest BCUT2D eigenvalue weighted by atomic mass is 10.3. The van der Waals surface area contributed by atoms with Gasteiger partial charge in [-0.25, -0.2) is 4.98 Å². The minimum Gasteiger partial charge on any atom is -1.00 e. The summed E-state index contributed by atoms with van der Waals surface area (Å²) in [5.41, 5.74) is 2.39. The standard InChI is InChI=1S/C12H16N2.ClH/c1-3-9-14-11-8-6-5-7-10(11)13-12(14)4-2;/h5-8H,3-4,9H2,1-2H3;1H/p-1. The summed E-state index contributed by atoms with van der Waals surface area (Å²) >= 11 is 0. The molecule has 2 aromatic rings. The molecule has 3 heteroatoms. The minimum atomic E-state index is 0. The minimum absolute atomic E-state index is 0. The van der Waals surface area contributed by atoms with Gasteiger partial charge in [0.2, 0.25) is 0 Å². The Kier molecular flexibility index (Phi) is 4.15. The Morgan fingerprint density at radius 2 is 1.93 bits per heavy atom. The normalized spacial score (nSPS) is 10.3. The molecule has 1 heterocycles. The fourth-order valence-electron chi connectivity index (χ4n) is 1.87. The molecule has 1 aromatic heterocycles. The smallest absolute Gasteiger partial charge is 0.109 e. The number of benzene rings is 1. The Hall–Kier alpha value is -1.02. The Morgan fingerprint density at radius 3 is 2.60 bits per heavy atom. The summed E-state index contributed by atoms with van der Waals surface area (Å²) in [6, 6.07) is 8.36. The number of aromatic nitrogens is 2. The topological polar surface area (TPSA) is 17.8 Å². The van der Waals surface area contributed by atoms with Gasteiger partial charge in [0.1, 0.15) is 5.82 Å². The largest absolute Gasteiger partial charge is 1.00 e. The first kappa shape index (κ1) is 12.1. The van der Waals surface area contributed by atoms with Crippen LogP contribution in [0.2, 0.25) is 0 Å². The van der Waals surface area contributed by atoms with Crippen LogP contribution in [0.5, 0.6) is 0 Å². The molecule has 0 bridgehead atoms. The molecule has 82 valence electrons. The molecule has 0 aliphatic rings. The van der Waals surface area contributed by atoms with Gasteiger partial charge in [-0.15, -0.1) is 0 Å². The number of rotatable bonds is 3. The van der Waals surface area contributed by atoms with Crippen LogP contribution < -0.4 is 12.4 Å². The first-order valence-electron chi connectivity index (χ1n) is 5.31. The number of nitrogens with zero attached hydrogens (tertiary/aromatic N) is 2. The molecule has 0 spiro atoms. The van der Waals surface area contributed by atoms with E-state index in [0.717, 1.165) is 24.9 Å². The van der Waals surface area contributed by atoms with Gasteiger partial charge in [-0.05, 0) is 18.6 Å². The van der Waals surface area contributed by atoms with Crippen molar-refractivity contribution in [3.63, 3.8) is 0 Å². The maximum Gasteiger partial charge on any atom is 0.109 e. The summed E-state index contributed by atoms with van der Waals surface area (Å²) in [6.45, 7) is 5.44. The fraction of sp³-hybridized carbons (Fsp3) is 0.417. The predicted molar refractivity (Wildman–Crippen MR) is 59.4 cm³/mol. The highest BCUT2D eigenvalue weighted by atomic mass is 35.5. The molecule has 0 fully saturated rings. The van der Waals surface area contributed by atoms with E-state index in [2.05, 4.69) is 41.6 Å². The average molecular weight is 224 g/mol. The molecule has 0 N–H and O–H groups in total. The van der Waals surface area contributed by atoms with Crippen molar-refractivity contribution in [3.05, 3.63) is 30.1 Å². The number of fused-ring (bicyclic) bond motifs is 1. The summed E-state index contributed by atoms with van der Waals surface area (Å²) in [5, 5.41) is 0. The van der Waals surface area contributed by atoms with E-state index in [9.17, 15) is 0 Å². The van der Waals surface area contributed by atoms with Crippen LogP contribution in [-0.4, -0.2) is 9.55 Å². The number of halogens is 1. The van der Waals surface area contributed by atoms with E-state index < -0.39 is 0 Å². The highest BCUT2D eigenvalue weighted by molar-refractivity contribution is 5.75. The molecule has 15 heavy (non-hydrogen) atoms. The molecule has 2 nitrogen and oxygen atoms in total. The third-order valence-electron chi connectivity index (χ3n) is 2.50. The number of aryl methyl sites for hydroxylation is 2. The zero-order valence-electron chi connectivity index (χ0n) is 9.20. The molecule has 1 aromatic carbocycles. The first-order chi connectivity index (χ1) is 6.86. The fourth-order valence-corrected chi connectivity index (χ4v) is 1.87. The van der Waals surface area contributed by atoms with Gasteiger partial charge in [-0.1, -0.05) is 26.0 Å². The van der Waals surface area contributed by atoms with E-state index >= 15 is 0 Å². The monoisotopic (exact) mass is 223 g/mol. The van der Waals surface area contributed by atoms with Gasteiger partial charge in [0.15, 0.2) is 0 Å². The summed E-state index contributed by atoms with van der Waals surface area (Å²) in [6.07, 6.45) is 2.17. The zero-order valence-corrected chi connectivity index (χ0v) is 9.96. The molecule has 0 atom stereocenters. The lowest BCUT2D eigenvalue weighted by Crippen LogP contribution is -3.00. The molecule has 0 amide bonds. The van der Waals surface area contributed by atoms with E-state index in [0.29, 0.717) is 0 Å². The number of hydrogen-bond donors (Lipinski definition) is 0. The molecule has 0 aliphatic heterocycles. The molecule has 0 radical (unpaired) electrons. The van der Waals surface area contributed by atoms with E-state index in [-0.39, 0.29) is 12.4 Å². The molecular formula is C12H16ClN2-. The van der Waals surface area contributed by atoms with Crippen LogP contribution in [0.25, 0.3) is 11.0 Å². The van der Waals surface area contributed by atoms with E-state index in [1.165, 1.54) is 11.3 Å². The van der Waals surface area contributed by atoms with Crippen molar-refractivity contribution in [2.45, 2.75) is 33.2 Å². The molecule has 0 aliphatic carbocycles. The van der Waals surface area contributed by atoms with Crippen LogP contribution in [0.4, 0.5) is 0 Å². The Bertz CT molecular complexity index is 434. The van der Waals surface area contributed by atoms with Crippen molar-refractivity contribution in [1.82, 2.24) is 9.55 Å². The van der Waals surface area contributed by atoms with Crippen LogP contribution in [0, 0.1) is 0 Å². The second-order valence-electron chi connectivity index (χ2n) is 3.52. The van der Waals surface area contributed by atoms with Gasteiger partial charge < -0.3 is 17.0 Å². The zero-order chi connectivity index (χ0) is 9.97. The maximum absolute atomic E-state index is 4.61. The van der Waals surface area contributed by atoms with Gasteiger partial charge in [0.25, 0.3) is 0 Å². The second-order valence-corrected chi connectivity index (χ2v) is 3.52. The highest BCUT2D eigenvalue weighted by Gasteiger charge is 2.06. The van der Waals surface area contributed by atoms with Crippen LogP contribution >= 0.6 is 0 Å². The summed E-state index contributed by atoms with van der Waals surface area (Å²) in [5.74, 6) is 1.20. The summed E-state index contributed by atoms with van der Waals surface area (Å²) in [7, 11) is 0. The highest BCUT2D eigenvalue weighted by Crippen LogP contribution is 2.16.